The molecule has 1 saturated carbocycles. The fourth-order valence-electron chi connectivity index (χ4n) is 4.60. The molecular formula is C23H29N5S. The van der Waals surface area contributed by atoms with Gasteiger partial charge in [0.05, 0.1) is 16.8 Å². The molecule has 152 valence electrons. The highest BCUT2D eigenvalue weighted by Gasteiger charge is 2.43. The molecule has 2 aromatic heterocycles. The number of rotatable bonds is 4. The number of thiophene rings is 1. The molecule has 5 nitrogen and oxygen atoms in total. The van der Waals surface area contributed by atoms with Crippen LogP contribution in [0.1, 0.15) is 43.9 Å². The van der Waals surface area contributed by atoms with Crippen molar-refractivity contribution in [1.82, 2.24) is 20.2 Å². The smallest absolute Gasteiger partial charge is 0.142 e. The number of nitrogens with one attached hydrogen (secondary N) is 2. The summed E-state index contributed by atoms with van der Waals surface area (Å²) < 4.78 is 0. The highest BCUT2D eigenvalue weighted by Crippen LogP contribution is 2.41. The zero-order chi connectivity index (χ0) is 20.6. The number of nitrogens with zero attached hydrogens (tertiary/aromatic N) is 3. The average molecular weight is 408 g/mol. The van der Waals surface area contributed by atoms with E-state index in [-0.39, 0.29) is 5.66 Å². The molecule has 2 N–H and O–H groups in total. The molecular weight excluding hydrogens is 378 g/mol. The van der Waals surface area contributed by atoms with Crippen LogP contribution in [-0.4, -0.2) is 27.6 Å². The number of aromatic nitrogens is 2. The highest BCUT2D eigenvalue weighted by molar-refractivity contribution is 7.18. The van der Waals surface area contributed by atoms with Gasteiger partial charge >= 0.3 is 0 Å². The normalized spacial score (nSPS) is 20.9. The number of allylic oxidation sites excluding steroid dienone is 3. The lowest BCUT2D eigenvalue weighted by molar-refractivity contribution is 0.117. The maximum Gasteiger partial charge on any atom is 0.142 e. The van der Waals surface area contributed by atoms with E-state index in [4.69, 9.17) is 0 Å². The van der Waals surface area contributed by atoms with Gasteiger partial charge in [0.25, 0.3) is 0 Å². The Hall–Kier alpha value is -2.60. The summed E-state index contributed by atoms with van der Waals surface area (Å²) in [6, 6.07) is 2.12. The SMILES string of the molecule is C=C/C(=C\C(C)=C1\C(=C)NC2(CCCCC2)N1C)Nc1ncnc2sc(C)cc12. The second kappa shape index (κ2) is 7.67. The van der Waals surface area contributed by atoms with Crippen molar-refractivity contribution in [1.29, 1.82) is 0 Å². The number of hydrogen-bond donors (Lipinski definition) is 2. The molecule has 1 saturated heterocycles. The molecule has 0 unspecified atom stereocenters. The fraction of sp³-hybridized carbons (Fsp3) is 0.391. The Bertz CT molecular complexity index is 1020. The van der Waals surface area contributed by atoms with Crippen molar-refractivity contribution in [3.8, 4) is 0 Å². The van der Waals surface area contributed by atoms with E-state index in [1.54, 1.807) is 17.7 Å². The van der Waals surface area contributed by atoms with Crippen LogP contribution in [-0.2, 0) is 0 Å². The topological polar surface area (TPSA) is 53.1 Å². The molecule has 29 heavy (non-hydrogen) atoms. The standard InChI is InChI=1S/C23H29N5S/c1-6-18(26-21-19-13-16(3)29-22(19)25-14-24-21)12-15(2)20-17(4)27-23(28(20)5)10-8-7-9-11-23/h6,12-14,27H,1,4,7-11H2,2-3,5H3,(H,24,25,26)/b18-12+,20-15-. The number of anilines is 1. The van der Waals surface area contributed by atoms with Crippen LogP contribution in [0, 0.1) is 6.92 Å². The van der Waals surface area contributed by atoms with Gasteiger partial charge < -0.3 is 15.5 Å². The summed E-state index contributed by atoms with van der Waals surface area (Å²) in [7, 11) is 2.19. The quantitative estimate of drug-likeness (QED) is 0.659. The predicted molar refractivity (Wildman–Crippen MR) is 123 cm³/mol. The van der Waals surface area contributed by atoms with E-state index in [9.17, 15) is 0 Å². The first-order valence-corrected chi connectivity index (χ1v) is 11.0. The zero-order valence-corrected chi connectivity index (χ0v) is 18.3. The van der Waals surface area contributed by atoms with Gasteiger partial charge in [0.15, 0.2) is 0 Å². The maximum absolute atomic E-state index is 4.45. The molecule has 4 rings (SSSR count). The molecule has 1 aliphatic carbocycles. The highest BCUT2D eigenvalue weighted by atomic mass is 32.1. The van der Waals surface area contributed by atoms with Gasteiger partial charge in [0.2, 0.25) is 0 Å². The van der Waals surface area contributed by atoms with E-state index in [1.807, 2.05) is 6.08 Å². The van der Waals surface area contributed by atoms with Gasteiger partial charge in [-0.1, -0.05) is 19.6 Å². The molecule has 0 amide bonds. The van der Waals surface area contributed by atoms with E-state index in [0.717, 1.165) is 45.8 Å². The largest absolute Gasteiger partial charge is 0.361 e. The summed E-state index contributed by atoms with van der Waals surface area (Å²) >= 11 is 1.68. The minimum Gasteiger partial charge on any atom is -0.361 e. The van der Waals surface area contributed by atoms with Crippen molar-refractivity contribution >= 4 is 27.4 Å². The van der Waals surface area contributed by atoms with Gasteiger partial charge in [-0.05, 0) is 63.3 Å². The Morgan fingerprint density at radius 3 is 2.79 bits per heavy atom. The molecule has 0 aromatic carbocycles. The summed E-state index contributed by atoms with van der Waals surface area (Å²) in [6.45, 7) is 12.5. The van der Waals surface area contributed by atoms with Crippen LogP contribution >= 0.6 is 11.3 Å². The molecule has 0 radical (unpaired) electrons. The van der Waals surface area contributed by atoms with Crippen LogP contribution in [0.25, 0.3) is 10.2 Å². The van der Waals surface area contributed by atoms with Gasteiger partial charge in [0, 0.05) is 17.6 Å². The lowest BCUT2D eigenvalue weighted by Crippen LogP contribution is -2.50. The molecule has 0 atom stereocenters. The maximum atomic E-state index is 4.45. The molecule has 2 aromatic rings. The molecule has 0 bridgehead atoms. The Labute approximate surface area is 176 Å². The van der Waals surface area contributed by atoms with Crippen molar-refractivity contribution in [2.24, 2.45) is 0 Å². The van der Waals surface area contributed by atoms with E-state index in [2.05, 4.69) is 71.7 Å². The average Bonchev–Trinajstić information content (AvgIpc) is 3.19. The first-order valence-electron chi connectivity index (χ1n) is 10.2. The summed E-state index contributed by atoms with van der Waals surface area (Å²) in [6.07, 6.45) is 11.7. The Morgan fingerprint density at radius 1 is 1.31 bits per heavy atom. The first kappa shape index (κ1) is 19.7. The Kier molecular flexibility index (Phi) is 5.21. The van der Waals surface area contributed by atoms with Crippen molar-refractivity contribution in [3.05, 3.63) is 65.2 Å². The third-order valence-corrected chi connectivity index (χ3v) is 6.97. The summed E-state index contributed by atoms with van der Waals surface area (Å²) in [5.74, 6) is 0.809. The van der Waals surface area contributed by atoms with Crippen LogP contribution in [0.4, 0.5) is 5.82 Å². The molecule has 2 fully saturated rings. The minimum atomic E-state index is 0.0224. The van der Waals surface area contributed by atoms with Gasteiger partial charge in [0.1, 0.15) is 22.6 Å². The van der Waals surface area contributed by atoms with Crippen molar-refractivity contribution < 1.29 is 0 Å². The van der Waals surface area contributed by atoms with Crippen LogP contribution in [0.2, 0.25) is 0 Å². The van der Waals surface area contributed by atoms with Crippen molar-refractivity contribution in [2.75, 3.05) is 12.4 Å². The zero-order valence-electron chi connectivity index (χ0n) is 17.5. The number of likely N-dealkylation sites (N-methyl/N-ethyl adjacent to an activating group) is 1. The Morgan fingerprint density at radius 2 is 2.07 bits per heavy atom. The van der Waals surface area contributed by atoms with E-state index in [1.165, 1.54) is 29.8 Å². The lowest BCUT2D eigenvalue weighted by atomic mass is 9.88. The van der Waals surface area contributed by atoms with Gasteiger partial charge in [-0.15, -0.1) is 11.3 Å². The molecule has 3 heterocycles. The molecule has 1 spiro atoms. The lowest BCUT2D eigenvalue weighted by Gasteiger charge is -2.40. The van der Waals surface area contributed by atoms with Gasteiger partial charge in [-0.3, -0.25) is 0 Å². The number of fused-ring (bicyclic) bond motifs is 1. The fourth-order valence-corrected chi connectivity index (χ4v) is 5.45. The summed E-state index contributed by atoms with van der Waals surface area (Å²) in [5, 5.41) is 8.17. The third-order valence-electron chi connectivity index (χ3n) is 6.01. The molecule has 2 aliphatic rings. The van der Waals surface area contributed by atoms with Crippen molar-refractivity contribution in [3.63, 3.8) is 0 Å². The van der Waals surface area contributed by atoms with Crippen LogP contribution in [0.5, 0.6) is 0 Å². The van der Waals surface area contributed by atoms with E-state index < -0.39 is 0 Å². The predicted octanol–water partition coefficient (Wildman–Crippen LogP) is 5.46. The van der Waals surface area contributed by atoms with E-state index in [0.29, 0.717) is 0 Å². The van der Waals surface area contributed by atoms with E-state index >= 15 is 0 Å². The summed E-state index contributed by atoms with van der Waals surface area (Å²) in [5.41, 5.74) is 4.26. The minimum absolute atomic E-state index is 0.0224. The first-order chi connectivity index (χ1) is 13.9. The number of aryl methyl sites for hydroxylation is 1. The van der Waals surface area contributed by atoms with Crippen LogP contribution in [0.15, 0.2) is 60.4 Å². The number of hydrogen-bond acceptors (Lipinski definition) is 6. The Balaban J connectivity index is 1.65. The van der Waals surface area contributed by atoms with Gasteiger partial charge in [-0.2, -0.15) is 0 Å². The molecule has 1 aliphatic heterocycles. The monoisotopic (exact) mass is 407 g/mol. The van der Waals surface area contributed by atoms with Gasteiger partial charge in [-0.25, -0.2) is 9.97 Å². The summed E-state index contributed by atoms with van der Waals surface area (Å²) in [4.78, 5) is 13.4. The van der Waals surface area contributed by atoms with Crippen LogP contribution in [0.3, 0.4) is 0 Å². The van der Waals surface area contributed by atoms with Crippen molar-refractivity contribution in [2.45, 2.75) is 51.6 Å². The van der Waals surface area contributed by atoms with Crippen LogP contribution < -0.4 is 10.6 Å². The molecule has 6 heteroatoms. The second-order valence-corrected chi connectivity index (χ2v) is 9.25. The second-order valence-electron chi connectivity index (χ2n) is 8.01. The third kappa shape index (κ3) is 3.57.